The van der Waals surface area contributed by atoms with Crippen LogP contribution in [0.15, 0.2) is 48.5 Å². The summed E-state index contributed by atoms with van der Waals surface area (Å²) < 4.78 is 20.0. The number of hydrogen-bond donors (Lipinski definition) is 0. The van der Waals surface area contributed by atoms with E-state index in [0.29, 0.717) is 26.2 Å². The third-order valence-electron chi connectivity index (χ3n) is 4.19. The van der Waals surface area contributed by atoms with Gasteiger partial charge in [-0.15, -0.1) is 11.3 Å². The predicted molar refractivity (Wildman–Crippen MR) is 101 cm³/mol. The fraction of sp³-hybridized carbons (Fsp3) is 0.200. The summed E-state index contributed by atoms with van der Waals surface area (Å²) in [4.78, 5) is 26.8. The first-order chi connectivity index (χ1) is 12.4. The lowest BCUT2D eigenvalue weighted by Crippen LogP contribution is -2.37. The molecule has 1 amide bonds. The van der Waals surface area contributed by atoms with Crippen LogP contribution in [0.5, 0.6) is 0 Å². The van der Waals surface area contributed by atoms with Crippen molar-refractivity contribution in [1.29, 1.82) is 0 Å². The number of aryl methyl sites for hydroxylation is 1. The van der Waals surface area contributed by atoms with Gasteiger partial charge in [0.25, 0.3) is 5.91 Å². The number of carbonyl (C=O) groups excluding carboxylic acids is 2. The first-order valence-electron chi connectivity index (χ1n) is 8.11. The van der Waals surface area contributed by atoms with Gasteiger partial charge in [0.1, 0.15) is 10.7 Å². The van der Waals surface area contributed by atoms with Crippen molar-refractivity contribution in [3.8, 4) is 0 Å². The summed E-state index contributed by atoms with van der Waals surface area (Å²) in [5, 5.41) is 0.421. The quantitative estimate of drug-likeness (QED) is 0.632. The van der Waals surface area contributed by atoms with Gasteiger partial charge in [-0.3, -0.25) is 4.79 Å². The molecular formula is C20H18FNO3S. The molecule has 0 spiro atoms. The van der Waals surface area contributed by atoms with Crippen molar-refractivity contribution in [3.05, 3.63) is 64.8 Å². The van der Waals surface area contributed by atoms with Gasteiger partial charge in [-0.2, -0.15) is 0 Å². The molecule has 0 aliphatic heterocycles. The molecule has 0 aliphatic rings. The molecule has 26 heavy (non-hydrogen) atoms. The Morgan fingerprint density at radius 2 is 1.81 bits per heavy atom. The number of benzene rings is 2. The van der Waals surface area contributed by atoms with Gasteiger partial charge in [0.05, 0.1) is 0 Å². The number of ether oxygens (including phenoxy) is 1. The molecule has 1 heterocycles. The predicted octanol–water partition coefficient (Wildman–Crippen LogP) is 4.56. The van der Waals surface area contributed by atoms with Crippen LogP contribution >= 0.6 is 11.3 Å². The van der Waals surface area contributed by atoms with Gasteiger partial charge in [0.2, 0.25) is 0 Å². The number of nitrogens with zero attached hydrogens (tertiary/aromatic N) is 1. The normalized spacial score (nSPS) is 12.0. The fourth-order valence-corrected chi connectivity index (χ4v) is 3.87. The second-order valence-electron chi connectivity index (χ2n) is 5.95. The number of rotatable bonds is 4. The lowest BCUT2D eigenvalue weighted by molar-refractivity contribution is -0.126. The zero-order valence-corrected chi connectivity index (χ0v) is 15.5. The summed E-state index contributed by atoms with van der Waals surface area (Å²) in [6, 6.07) is 13.8. The molecule has 0 unspecified atom stereocenters. The van der Waals surface area contributed by atoms with Crippen molar-refractivity contribution < 1.29 is 18.7 Å². The average Bonchev–Trinajstić information content (AvgIpc) is 2.99. The Bertz CT molecular complexity index is 968. The summed E-state index contributed by atoms with van der Waals surface area (Å²) in [6.45, 7) is 3.21. The van der Waals surface area contributed by atoms with Crippen LogP contribution in [0, 0.1) is 12.7 Å². The molecule has 0 radical (unpaired) electrons. The summed E-state index contributed by atoms with van der Waals surface area (Å²) >= 11 is 1.17. The highest BCUT2D eigenvalue weighted by atomic mass is 32.1. The number of fused-ring (bicyclic) bond motifs is 1. The summed E-state index contributed by atoms with van der Waals surface area (Å²) in [5.74, 6) is -1.33. The molecule has 0 aliphatic carbocycles. The van der Waals surface area contributed by atoms with Crippen LogP contribution in [0.25, 0.3) is 10.1 Å². The van der Waals surface area contributed by atoms with Crippen molar-refractivity contribution in [2.45, 2.75) is 20.0 Å². The highest BCUT2D eigenvalue weighted by Gasteiger charge is 2.26. The monoisotopic (exact) mass is 371 g/mol. The lowest BCUT2D eigenvalue weighted by Gasteiger charge is -2.21. The van der Waals surface area contributed by atoms with Crippen molar-refractivity contribution in [2.75, 3.05) is 11.9 Å². The summed E-state index contributed by atoms with van der Waals surface area (Å²) in [6.07, 6.45) is -0.956. The van der Waals surface area contributed by atoms with Crippen LogP contribution in [0.1, 0.15) is 22.2 Å². The molecule has 6 heteroatoms. The highest BCUT2D eigenvalue weighted by Crippen LogP contribution is 2.33. The molecule has 0 saturated heterocycles. The maximum atomic E-state index is 14.0. The molecule has 3 rings (SSSR count). The number of carbonyl (C=O) groups is 2. The third-order valence-corrected chi connectivity index (χ3v) is 5.43. The second-order valence-corrected chi connectivity index (χ2v) is 7.00. The first-order valence-corrected chi connectivity index (χ1v) is 8.93. The van der Waals surface area contributed by atoms with E-state index in [1.807, 2.05) is 18.2 Å². The Morgan fingerprint density at radius 3 is 2.46 bits per heavy atom. The van der Waals surface area contributed by atoms with Crippen LogP contribution in [0.2, 0.25) is 0 Å². The Kier molecular flexibility index (Phi) is 5.04. The SMILES string of the molecule is Cc1c(C(=O)O[C@H](C)C(=O)N(C)c2ccccc2)sc2cccc(F)c12. The van der Waals surface area contributed by atoms with Gasteiger partial charge >= 0.3 is 5.97 Å². The molecule has 0 N–H and O–H groups in total. The zero-order chi connectivity index (χ0) is 18.8. The number of para-hydroxylation sites is 1. The molecule has 0 saturated carbocycles. The van der Waals surface area contributed by atoms with E-state index < -0.39 is 12.1 Å². The Hall–Kier alpha value is -2.73. The minimum atomic E-state index is -0.956. The maximum Gasteiger partial charge on any atom is 0.349 e. The van der Waals surface area contributed by atoms with E-state index in [0.717, 1.165) is 0 Å². The molecule has 1 aromatic heterocycles. The molecule has 0 fully saturated rings. The van der Waals surface area contributed by atoms with Crippen LogP contribution < -0.4 is 4.90 Å². The van der Waals surface area contributed by atoms with E-state index in [1.165, 1.54) is 29.2 Å². The number of anilines is 1. The molecule has 0 bridgehead atoms. The van der Waals surface area contributed by atoms with Crippen molar-refractivity contribution in [1.82, 2.24) is 0 Å². The van der Waals surface area contributed by atoms with Gasteiger partial charge in [-0.1, -0.05) is 24.3 Å². The van der Waals surface area contributed by atoms with Crippen LogP contribution in [0.4, 0.5) is 10.1 Å². The van der Waals surface area contributed by atoms with Gasteiger partial charge in [-0.05, 0) is 43.7 Å². The van der Waals surface area contributed by atoms with E-state index in [2.05, 4.69) is 0 Å². The third kappa shape index (κ3) is 3.32. The first kappa shape index (κ1) is 18.1. The molecule has 1 atom stereocenters. The molecule has 3 aromatic rings. The second kappa shape index (κ2) is 7.25. The van der Waals surface area contributed by atoms with E-state index >= 15 is 0 Å². The largest absolute Gasteiger partial charge is 0.448 e. The number of amides is 1. The number of esters is 1. The number of halogens is 1. The standard InChI is InChI=1S/C20H18FNO3S/c1-12-17-15(21)10-7-11-16(17)26-18(12)20(24)25-13(2)19(23)22(3)14-8-5-4-6-9-14/h4-11,13H,1-3H3/t13-/m1/s1. The van der Waals surface area contributed by atoms with E-state index in [9.17, 15) is 14.0 Å². The smallest absolute Gasteiger partial charge is 0.349 e. The fourth-order valence-electron chi connectivity index (χ4n) is 2.76. The minimum absolute atomic E-state index is 0.312. The zero-order valence-electron chi connectivity index (χ0n) is 14.7. The van der Waals surface area contributed by atoms with E-state index in [1.54, 1.807) is 38.2 Å². The van der Waals surface area contributed by atoms with E-state index in [-0.39, 0.29) is 11.7 Å². The molecule has 134 valence electrons. The summed E-state index contributed by atoms with van der Waals surface area (Å²) in [5.41, 5.74) is 1.24. The van der Waals surface area contributed by atoms with Gasteiger partial charge in [0.15, 0.2) is 6.10 Å². The van der Waals surface area contributed by atoms with E-state index in [4.69, 9.17) is 4.74 Å². The van der Waals surface area contributed by atoms with Crippen molar-refractivity contribution >= 4 is 39.0 Å². The number of likely N-dealkylation sites (N-methyl/N-ethyl adjacent to an activating group) is 1. The van der Waals surface area contributed by atoms with Crippen LogP contribution in [-0.4, -0.2) is 25.0 Å². The highest BCUT2D eigenvalue weighted by molar-refractivity contribution is 7.21. The van der Waals surface area contributed by atoms with Crippen LogP contribution in [0.3, 0.4) is 0 Å². The van der Waals surface area contributed by atoms with Gasteiger partial charge in [0, 0.05) is 22.8 Å². The van der Waals surface area contributed by atoms with Crippen molar-refractivity contribution in [2.24, 2.45) is 0 Å². The number of thiophene rings is 1. The molecule has 4 nitrogen and oxygen atoms in total. The van der Waals surface area contributed by atoms with Crippen molar-refractivity contribution in [3.63, 3.8) is 0 Å². The Labute approximate surface area is 154 Å². The minimum Gasteiger partial charge on any atom is -0.448 e. The Morgan fingerprint density at radius 1 is 1.12 bits per heavy atom. The average molecular weight is 371 g/mol. The van der Waals surface area contributed by atoms with Crippen LogP contribution in [-0.2, 0) is 9.53 Å². The Balaban J connectivity index is 1.78. The van der Waals surface area contributed by atoms with Gasteiger partial charge in [-0.25, -0.2) is 9.18 Å². The maximum absolute atomic E-state index is 14.0. The summed E-state index contributed by atoms with van der Waals surface area (Å²) in [7, 11) is 1.63. The topological polar surface area (TPSA) is 46.6 Å². The molecule has 2 aromatic carbocycles. The molecular weight excluding hydrogens is 353 g/mol. The number of hydrogen-bond acceptors (Lipinski definition) is 4. The van der Waals surface area contributed by atoms with Gasteiger partial charge < -0.3 is 9.64 Å². The lowest BCUT2D eigenvalue weighted by atomic mass is 10.1.